The van der Waals surface area contributed by atoms with Gasteiger partial charge in [0.05, 0.1) is 12.8 Å². The number of carbonyl (C=O) groups is 2. The van der Waals surface area contributed by atoms with Crippen molar-refractivity contribution >= 4 is 29.0 Å². The van der Waals surface area contributed by atoms with Gasteiger partial charge in [-0.25, -0.2) is 0 Å². The molecule has 3 N–H and O–H groups in total. The lowest BCUT2D eigenvalue weighted by Crippen LogP contribution is -2.34. The molecule has 0 aromatic carbocycles. The molecule has 8 nitrogen and oxygen atoms in total. The van der Waals surface area contributed by atoms with E-state index >= 15 is 0 Å². The van der Waals surface area contributed by atoms with E-state index in [4.69, 9.17) is 4.42 Å². The highest BCUT2D eigenvalue weighted by Crippen LogP contribution is 2.28. The summed E-state index contributed by atoms with van der Waals surface area (Å²) in [5.41, 5.74) is 0. The van der Waals surface area contributed by atoms with Crippen molar-refractivity contribution in [1.82, 2.24) is 10.5 Å². The van der Waals surface area contributed by atoms with Crippen LogP contribution in [0.2, 0.25) is 0 Å². The average molecular weight is 347 g/mol. The number of rotatable bonds is 5. The van der Waals surface area contributed by atoms with Gasteiger partial charge in [0, 0.05) is 15.8 Å². The first-order chi connectivity index (χ1) is 11.6. The van der Waals surface area contributed by atoms with Crippen molar-refractivity contribution in [2.75, 3.05) is 5.32 Å². The van der Waals surface area contributed by atoms with Gasteiger partial charge >= 0.3 is 11.8 Å². The minimum absolute atomic E-state index is 0.162. The highest BCUT2D eigenvalue weighted by atomic mass is 32.1. The molecule has 0 aliphatic carbocycles. The SMILES string of the molecule is O=C(NCc1ccc([C@H](O)c2ccco2)s1)C(=O)Nc1ccon1. The summed E-state index contributed by atoms with van der Waals surface area (Å²) in [5.74, 6) is -1.02. The van der Waals surface area contributed by atoms with E-state index in [-0.39, 0.29) is 12.4 Å². The second-order valence-corrected chi connectivity index (χ2v) is 5.94. The van der Waals surface area contributed by atoms with Crippen LogP contribution in [0.3, 0.4) is 0 Å². The van der Waals surface area contributed by atoms with E-state index in [1.54, 1.807) is 24.3 Å². The standard InChI is InChI=1S/C15H13N3O5S/c19-13(10-2-1-6-22-10)11-4-3-9(24-11)8-16-14(20)15(21)17-12-5-7-23-18-12/h1-7,13,19H,8H2,(H,16,20)(H,17,18,21)/t13-/m1/s1. The fraction of sp³-hybridized carbons (Fsp3) is 0.133. The Morgan fingerprint density at radius 2 is 2.08 bits per heavy atom. The van der Waals surface area contributed by atoms with E-state index < -0.39 is 17.9 Å². The summed E-state index contributed by atoms with van der Waals surface area (Å²) in [4.78, 5) is 24.8. The Morgan fingerprint density at radius 1 is 1.21 bits per heavy atom. The maximum Gasteiger partial charge on any atom is 0.314 e. The van der Waals surface area contributed by atoms with Gasteiger partial charge in [-0.3, -0.25) is 14.9 Å². The molecule has 1 atom stereocenters. The van der Waals surface area contributed by atoms with Crippen LogP contribution in [-0.4, -0.2) is 22.1 Å². The monoisotopic (exact) mass is 347 g/mol. The fourth-order valence-electron chi connectivity index (χ4n) is 1.92. The number of hydrogen-bond acceptors (Lipinski definition) is 7. The first-order valence-corrected chi connectivity index (χ1v) is 7.75. The van der Waals surface area contributed by atoms with E-state index in [9.17, 15) is 14.7 Å². The van der Waals surface area contributed by atoms with Gasteiger partial charge in [-0.05, 0) is 24.3 Å². The van der Waals surface area contributed by atoms with Crippen molar-refractivity contribution in [2.24, 2.45) is 0 Å². The maximum absolute atomic E-state index is 11.7. The van der Waals surface area contributed by atoms with Gasteiger partial charge in [-0.2, -0.15) is 0 Å². The highest BCUT2D eigenvalue weighted by molar-refractivity contribution is 7.12. The number of aromatic nitrogens is 1. The Kier molecular flexibility index (Phi) is 4.73. The molecule has 3 heterocycles. The van der Waals surface area contributed by atoms with Crippen LogP contribution in [0.1, 0.15) is 21.6 Å². The molecule has 0 radical (unpaired) electrons. The Bertz CT molecular complexity index is 810. The molecule has 3 rings (SSSR count). The molecular formula is C15H13N3O5S. The molecular weight excluding hydrogens is 334 g/mol. The van der Waals surface area contributed by atoms with Crippen molar-refractivity contribution in [2.45, 2.75) is 12.6 Å². The molecule has 0 aliphatic heterocycles. The van der Waals surface area contributed by atoms with Crippen LogP contribution < -0.4 is 10.6 Å². The minimum Gasteiger partial charge on any atom is -0.466 e. The topological polar surface area (TPSA) is 118 Å². The molecule has 124 valence electrons. The number of amides is 2. The minimum atomic E-state index is -0.857. The van der Waals surface area contributed by atoms with Crippen molar-refractivity contribution in [3.05, 3.63) is 58.4 Å². The summed E-state index contributed by atoms with van der Waals surface area (Å²) in [7, 11) is 0. The van der Waals surface area contributed by atoms with Gasteiger partial charge in [0.2, 0.25) is 0 Å². The zero-order valence-electron chi connectivity index (χ0n) is 12.3. The molecule has 3 aromatic rings. The Balaban J connectivity index is 1.53. The molecule has 0 saturated carbocycles. The number of aliphatic hydroxyl groups excluding tert-OH is 1. The Hall–Kier alpha value is -2.91. The summed E-state index contributed by atoms with van der Waals surface area (Å²) in [6, 6.07) is 8.31. The molecule has 3 aromatic heterocycles. The fourth-order valence-corrected chi connectivity index (χ4v) is 2.87. The third-order valence-corrected chi connectivity index (χ3v) is 4.21. The number of nitrogens with zero attached hydrogens (tertiary/aromatic N) is 1. The highest BCUT2D eigenvalue weighted by Gasteiger charge is 2.17. The number of nitrogens with one attached hydrogen (secondary N) is 2. The van der Waals surface area contributed by atoms with Gasteiger partial charge in [0.25, 0.3) is 0 Å². The summed E-state index contributed by atoms with van der Waals surface area (Å²) < 4.78 is 9.71. The summed E-state index contributed by atoms with van der Waals surface area (Å²) >= 11 is 1.31. The largest absolute Gasteiger partial charge is 0.466 e. The van der Waals surface area contributed by atoms with Gasteiger partial charge in [0.1, 0.15) is 18.1 Å². The van der Waals surface area contributed by atoms with Crippen LogP contribution in [0.4, 0.5) is 5.82 Å². The predicted molar refractivity (Wildman–Crippen MR) is 84.1 cm³/mol. The molecule has 0 bridgehead atoms. The molecule has 0 aliphatic rings. The van der Waals surface area contributed by atoms with E-state index in [0.717, 1.165) is 4.88 Å². The smallest absolute Gasteiger partial charge is 0.314 e. The lowest BCUT2D eigenvalue weighted by atomic mass is 10.2. The zero-order valence-corrected chi connectivity index (χ0v) is 13.1. The zero-order chi connectivity index (χ0) is 16.9. The summed E-state index contributed by atoms with van der Waals surface area (Å²) in [6.45, 7) is 0.167. The van der Waals surface area contributed by atoms with Crippen molar-refractivity contribution in [3.63, 3.8) is 0 Å². The maximum atomic E-state index is 11.7. The molecule has 0 saturated heterocycles. The third-order valence-electron chi connectivity index (χ3n) is 3.07. The van der Waals surface area contributed by atoms with Crippen LogP contribution in [0, 0.1) is 0 Å². The van der Waals surface area contributed by atoms with Crippen LogP contribution in [-0.2, 0) is 16.1 Å². The lowest BCUT2D eigenvalue weighted by Gasteiger charge is -2.04. The number of aliphatic hydroxyl groups is 1. The van der Waals surface area contributed by atoms with Crippen LogP contribution in [0.15, 0.2) is 51.8 Å². The Morgan fingerprint density at radius 3 is 2.79 bits per heavy atom. The van der Waals surface area contributed by atoms with Gasteiger partial charge < -0.3 is 19.4 Å². The van der Waals surface area contributed by atoms with Gasteiger partial charge in [-0.1, -0.05) is 5.16 Å². The van der Waals surface area contributed by atoms with Crippen molar-refractivity contribution in [1.29, 1.82) is 0 Å². The molecule has 0 spiro atoms. The number of anilines is 1. The molecule has 9 heteroatoms. The normalized spacial score (nSPS) is 11.9. The number of furan rings is 1. The number of thiophene rings is 1. The first-order valence-electron chi connectivity index (χ1n) is 6.93. The predicted octanol–water partition coefficient (Wildman–Crippen LogP) is 1.67. The second-order valence-electron chi connectivity index (χ2n) is 4.74. The third kappa shape index (κ3) is 3.70. The Labute approximate surface area is 140 Å². The lowest BCUT2D eigenvalue weighted by molar-refractivity contribution is -0.136. The van der Waals surface area contributed by atoms with E-state index in [0.29, 0.717) is 10.6 Å². The van der Waals surface area contributed by atoms with Crippen molar-refractivity contribution < 1.29 is 23.6 Å². The van der Waals surface area contributed by atoms with Crippen molar-refractivity contribution in [3.8, 4) is 0 Å². The average Bonchev–Trinajstić information content (AvgIpc) is 3.33. The van der Waals surface area contributed by atoms with Gasteiger partial charge in [-0.15, -0.1) is 11.3 Å². The van der Waals surface area contributed by atoms with E-state index in [1.807, 2.05) is 0 Å². The quantitative estimate of drug-likeness (QED) is 0.604. The second kappa shape index (κ2) is 7.11. The summed E-state index contributed by atoms with van der Waals surface area (Å²) in [6.07, 6.45) is 1.91. The molecule has 0 fully saturated rings. The van der Waals surface area contributed by atoms with Crippen LogP contribution in [0.5, 0.6) is 0 Å². The van der Waals surface area contributed by atoms with Crippen LogP contribution >= 0.6 is 11.3 Å². The van der Waals surface area contributed by atoms with Gasteiger partial charge in [0.15, 0.2) is 5.82 Å². The molecule has 0 unspecified atom stereocenters. The van der Waals surface area contributed by atoms with E-state index in [1.165, 1.54) is 29.9 Å². The molecule has 2 amide bonds. The summed E-state index contributed by atoms with van der Waals surface area (Å²) in [5, 5.41) is 18.4. The number of carbonyl (C=O) groups excluding carboxylic acids is 2. The van der Waals surface area contributed by atoms with E-state index in [2.05, 4.69) is 20.3 Å². The number of hydrogen-bond donors (Lipinski definition) is 3. The van der Waals surface area contributed by atoms with Crippen LogP contribution in [0.25, 0.3) is 0 Å². The first kappa shape index (κ1) is 16.0. The molecule has 24 heavy (non-hydrogen) atoms.